The molecule has 0 bridgehead atoms. The van der Waals surface area contributed by atoms with E-state index in [1.165, 1.54) is 27.4 Å². The van der Waals surface area contributed by atoms with Crippen molar-refractivity contribution in [3.05, 3.63) is 83.7 Å². The molecule has 0 N–H and O–H groups in total. The highest BCUT2D eigenvalue weighted by Crippen LogP contribution is 2.52. The summed E-state index contributed by atoms with van der Waals surface area (Å²) in [5.74, 6) is 0. The van der Waals surface area contributed by atoms with E-state index in [0.29, 0.717) is 0 Å². The molecule has 0 amide bonds. The van der Waals surface area contributed by atoms with Crippen molar-refractivity contribution >= 4 is 11.8 Å². The number of para-hydroxylation sites is 1. The third kappa shape index (κ3) is 1.86. The highest BCUT2D eigenvalue weighted by molar-refractivity contribution is 8.00. The van der Waals surface area contributed by atoms with E-state index < -0.39 is 0 Å². The molecule has 1 aliphatic heterocycles. The Labute approximate surface area is 129 Å². The number of hydrogen-bond donors (Lipinski definition) is 0. The van der Waals surface area contributed by atoms with Gasteiger partial charge in [-0.2, -0.15) is 0 Å². The Kier molecular flexibility index (Phi) is 2.76. The normalized spacial score (nSPS) is 19.9. The van der Waals surface area contributed by atoms with Crippen molar-refractivity contribution in [3.8, 4) is 5.69 Å². The number of fused-ring (bicyclic) bond motifs is 3. The number of nitrogens with zero attached hydrogens (tertiary/aromatic N) is 1. The largest absolute Gasteiger partial charge is 0.318 e. The minimum atomic E-state index is -0.0517. The molecule has 0 aliphatic carbocycles. The van der Waals surface area contributed by atoms with Gasteiger partial charge in [0.1, 0.15) is 0 Å². The summed E-state index contributed by atoms with van der Waals surface area (Å²) in [5, 5.41) is 0. The van der Waals surface area contributed by atoms with Gasteiger partial charge in [-0.25, -0.2) is 0 Å². The Morgan fingerprint density at radius 2 is 1.81 bits per heavy atom. The summed E-state index contributed by atoms with van der Waals surface area (Å²) in [5.41, 5.74) is 5.30. The van der Waals surface area contributed by atoms with Gasteiger partial charge >= 0.3 is 0 Å². The molecule has 0 saturated carbocycles. The molecule has 0 radical (unpaired) electrons. The average molecular weight is 291 g/mol. The standard InChI is InChI=1S/C19H17NS/c1-14-7-5-8-15(13-14)19(2)18-11-6-12-20(18)16-9-3-4-10-17(16)21-19/h3-13H,1-2H3. The van der Waals surface area contributed by atoms with E-state index in [1.54, 1.807) is 0 Å². The Morgan fingerprint density at radius 3 is 2.67 bits per heavy atom. The zero-order chi connectivity index (χ0) is 14.4. The first-order valence-corrected chi connectivity index (χ1v) is 8.03. The van der Waals surface area contributed by atoms with Gasteiger partial charge < -0.3 is 4.57 Å². The molecule has 3 aromatic rings. The minimum absolute atomic E-state index is 0.0517. The zero-order valence-electron chi connectivity index (χ0n) is 12.2. The number of thioether (sulfide) groups is 1. The molecular formula is C19H17NS. The molecule has 21 heavy (non-hydrogen) atoms. The fraction of sp³-hybridized carbons (Fsp3) is 0.158. The molecule has 1 aromatic heterocycles. The van der Waals surface area contributed by atoms with E-state index in [0.717, 1.165) is 0 Å². The van der Waals surface area contributed by atoms with E-state index in [1.807, 2.05) is 11.8 Å². The maximum Gasteiger partial charge on any atom is 0.0831 e. The second-order valence-electron chi connectivity index (χ2n) is 5.74. The van der Waals surface area contributed by atoms with Crippen LogP contribution in [0.4, 0.5) is 0 Å². The van der Waals surface area contributed by atoms with E-state index in [9.17, 15) is 0 Å². The third-order valence-corrected chi connectivity index (χ3v) is 5.66. The zero-order valence-corrected chi connectivity index (χ0v) is 13.0. The quantitative estimate of drug-likeness (QED) is 0.600. The molecule has 0 saturated heterocycles. The van der Waals surface area contributed by atoms with Gasteiger partial charge in [-0.1, -0.05) is 42.0 Å². The molecule has 1 atom stereocenters. The van der Waals surface area contributed by atoms with E-state index in [-0.39, 0.29) is 4.75 Å². The Bertz CT molecular complexity index is 818. The highest BCUT2D eigenvalue weighted by atomic mass is 32.2. The first kappa shape index (κ1) is 12.8. The maximum atomic E-state index is 2.33. The van der Waals surface area contributed by atoms with Crippen molar-refractivity contribution in [2.24, 2.45) is 0 Å². The molecule has 1 unspecified atom stereocenters. The molecule has 2 aromatic carbocycles. The summed E-state index contributed by atoms with van der Waals surface area (Å²) < 4.78 is 2.28. The maximum absolute atomic E-state index is 2.33. The van der Waals surface area contributed by atoms with Gasteiger partial charge in [0.2, 0.25) is 0 Å². The van der Waals surface area contributed by atoms with Gasteiger partial charge in [0.15, 0.2) is 0 Å². The molecule has 2 heterocycles. The van der Waals surface area contributed by atoms with Crippen LogP contribution >= 0.6 is 11.8 Å². The Morgan fingerprint density at radius 1 is 0.952 bits per heavy atom. The van der Waals surface area contributed by atoms with Crippen LogP contribution in [0.5, 0.6) is 0 Å². The van der Waals surface area contributed by atoms with Crippen molar-refractivity contribution < 1.29 is 0 Å². The predicted molar refractivity (Wildman–Crippen MR) is 89.3 cm³/mol. The Hall–Kier alpha value is -1.93. The number of rotatable bonds is 1. The number of aromatic nitrogens is 1. The molecule has 104 valence electrons. The van der Waals surface area contributed by atoms with Crippen LogP contribution in [0.1, 0.15) is 23.7 Å². The lowest BCUT2D eigenvalue weighted by molar-refractivity contribution is 0.743. The topological polar surface area (TPSA) is 4.93 Å². The lowest BCUT2D eigenvalue weighted by Gasteiger charge is -2.36. The highest BCUT2D eigenvalue weighted by Gasteiger charge is 2.37. The number of benzene rings is 2. The number of aryl methyl sites for hydroxylation is 1. The Balaban J connectivity index is 1.97. The van der Waals surface area contributed by atoms with Gasteiger partial charge in [0, 0.05) is 16.8 Å². The van der Waals surface area contributed by atoms with Crippen LogP contribution < -0.4 is 0 Å². The van der Waals surface area contributed by atoms with Gasteiger partial charge in [-0.15, -0.1) is 11.8 Å². The summed E-state index contributed by atoms with van der Waals surface area (Å²) >= 11 is 1.95. The summed E-state index contributed by atoms with van der Waals surface area (Å²) in [4.78, 5) is 1.34. The molecule has 1 nitrogen and oxygen atoms in total. The molecule has 1 aliphatic rings. The van der Waals surface area contributed by atoms with Crippen LogP contribution in [0.3, 0.4) is 0 Å². The number of hydrogen-bond acceptors (Lipinski definition) is 1. The molecular weight excluding hydrogens is 274 g/mol. The summed E-state index contributed by atoms with van der Waals surface area (Å²) in [7, 11) is 0. The molecule has 0 fully saturated rings. The minimum Gasteiger partial charge on any atom is -0.318 e. The van der Waals surface area contributed by atoms with Gasteiger partial charge in [0.05, 0.1) is 10.4 Å². The molecule has 4 rings (SSSR count). The van der Waals surface area contributed by atoms with Gasteiger partial charge in [0.25, 0.3) is 0 Å². The monoisotopic (exact) mass is 291 g/mol. The summed E-state index contributed by atoms with van der Waals surface area (Å²) in [6.07, 6.45) is 2.17. The average Bonchev–Trinajstić information content (AvgIpc) is 2.98. The van der Waals surface area contributed by atoms with E-state index >= 15 is 0 Å². The van der Waals surface area contributed by atoms with Crippen LogP contribution in [-0.4, -0.2) is 4.57 Å². The summed E-state index contributed by atoms with van der Waals surface area (Å²) in [6, 6.07) is 21.9. The lowest BCUT2D eigenvalue weighted by atomic mass is 9.94. The van der Waals surface area contributed by atoms with Crippen molar-refractivity contribution in [2.75, 3.05) is 0 Å². The fourth-order valence-electron chi connectivity index (χ4n) is 3.14. The first-order valence-electron chi connectivity index (χ1n) is 7.22. The van der Waals surface area contributed by atoms with Crippen LogP contribution in [0.15, 0.2) is 71.8 Å². The van der Waals surface area contributed by atoms with Gasteiger partial charge in [-0.05, 0) is 43.7 Å². The van der Waals surface area contributed by atoms with Crippen molar-refractivity contribution in [3.63, 3.8) is 0 Å². The second kappa shape index (κ2) is 4.54. The fourth-order valence-corrected chi connectivity index (χ4v) is 4.52. The van der Waals surface area contributed by atoms with Crippen LogP contribution in [0.2, 0.25) is 0 Å². The van der Waals surface area contributed by atoms with E-state index in [4.69, 9.17) is 0 Å². The van der Waals surface area contributed by atoms with Crippen molar-refractivity contribution in [1.29, 1.82) is 0 Å². The molecule has 2 heteroatoms. The second-order valence-corrected chi connectivity index (χ2v) is 7.20. The predicted octanol–water partition coefficient (Wildman–Crippen LogP) is 5.15. The first-order chi connectivity index (χ1) is 10.2. The van der Waals surface area contributed by atoms with E-state index in [2.05, 4.69) is 85.3 Å². The SMILES string of the molecule is Cc1cccc(C2(C)Sc3ccccc3-n3cccc32)c1. The third-order valence-electron chi connectivity index (χ3n) is 4.25. The van der Waals surface area contributed by atoms with Gasteiger partial charge in [-0.3, -0.25) is 0 Å². The van der Waals surface area contributed by atoms with Crippen molar-refractivity contribution in [2.45, 2.75) is 23.5 Å². The molecule has 0 spiro atoms. The summed E-state index contributed by atoms with van der Waals surface area (Å²) in [6.45, 7) is 4.49. The van der Waals surface area contributed by atoms with Crippen LogP contribution in [0.25, 0.3) is 5.69 Å². The lowest BCUT2D eigenvalue weighted by Crippen LogP contribution is -2.26. The van der Waals surface area contributed by atoms with Crippen molar-refractivity contribution in [1.82, 2.24) is 4.57 Å². The van der Waals surface area contributed by atoms with Crippen LogP contribution in [-0.2, 0) is 4.75 Å². The van der Waals surface area contributed by atoms with Crippen LogP contribution in [0, 0.1) is 6.92 Å². The smallest absolute Gasteiger partial charge is 0.0831 e.